The van der Waals surface area contributed by atoms with Gasteiger partial charge in [0.2, 0.25) is 0 Å². The zero-order chi connectivity index (χ0) is 25.1. The minimum atomic E-state index is -4.49. The van der Waals surface area contributed by atoms with Gasteiger partial charge in [-0.15, -0.1) is 11.3 Å². The Labute approximate surface area is 201 Å². The highest BCUT2D eigenvalue weighted by Crippen LogP contribution is 2.31. The number of thiazole rings is 1. The van der Waals surface area contributed by atoms with Crippen molar-refractivity contribution in [2.24, 2.45) is 0 Å². The largest absolute Gasteiger partial charge is 0.471 e. The summed E-state index contributed by atoms with van der Waals surface area (Å²) in [5.74, 6) is -0.569. The van der Waals surface area contributed by atoms with Crippen LogP contribution in [0.5, 0.6) is 5.75 Å². The number of ether oxygens (including phenoxy) is 1. The Bertz CT molecular complexity index is 1420. The minimum absolute atomic E-state index is 0.000665. The van der Waals surface area contributed by atoms with Gasteiger partial charge in [-0.05, 0) is 48.5 Å². The third-order valence-corrected chi connectivity index (χ3v) is 6.65. The maximum atomic E-state index is 12.8. The maximum absolute atomic E-state index is 12.8. The van der Waals surface area contributed by atoms with Crippen LogP contribution in [0.2, 0.25) is 0 Å². The van der Waals surface area contributed by atoms with Gasteiger partial charge in [0.25, 0.3) is 15.9 Å². The number of alkyl halides is 3. The molecule has 182 valence electrons. The van der Waals surface area contributed by atoms with E-state index in [2.05, 4.69) is 20.1 Å². The van der Waals surface area contributed by atoms with Crippen LogP contribution in [-0.4, -0.2) is 29.1 Å². The predicted molar refractivity (Wildman–Crippen MR) is 122 cm³/mol. The lowest BCUT2D eigenvalue weighted by atomic mass is 10.2. The van der Waals surface area contributed by atoms with Gasteiger partial charge in [0.15, 0.2) is 17.6 Å². The van der Waals surface area contributed by atoms with E-state index in [1.165, 1.54) is 59.5 Å². The number of anilines is 2. The first-order chi connectivity index (χ1) is 16.6. The predicted octanol–water partition coefficient (Wildman–Crippen LogP) is 4.45. The quantitative estimate of drug-likeness (QED) is 0.353. The first-order valence-electron chi connectivity index (χ1n) is 9.77. The number of benzene rings is 2. The average molecular weight is 524 g/mol. The van der Waals surface area contributed by atoms with Crippen LogP contribution in [0.4, 0.5) is 24.0 Å². The molecule has 0 atom stereocenters. The Balaban J connectivity index is 1.35. The molecule has 0 saturated heterocycles. The molecule has 35 heavy (non-hydrogen) atoms. The van der Waals surface area contributed by atoms with Crippen molar-refractivity contribution in [3.63, 3.8) is 0 Å². The molecule has 0 radical (unpaired) electrons. The van der Waals surface area contributed by atoms with E-state index in [-0.39, 0.29) is 28.2 Å². The van der Waals surface area contributed by atoms with Crippen molar-refractivity contribution in [1.82, 2.24) is 14.8 Å². The molecule has 1 amide bonds. The summed E-state index contributed by atoms with van der Waals surface area (Å²) in [6, 6.07) is 11.3. The molecule has 0 aliphatic rings. The molecule has 9 nitrogen and oxygen atoms in total. The van der Waals surface area contributed by atoms with Crippen molar-refractivity contribution >= 4 is 38.1 Å². The number of halogens is 3. The molecular formula is C21H16F3N5O4S2. The van der Waals surface area contributed by atoms with Crippen LogP contribution in [0.3, 0.4) is 0 Å². The van der Waals surface area contributed by atoms with Gasteiger partial charge < -0.3 is 10.1 Å². The number of nitrogens with one attached hydrogen (secondary N) is 2. The topological polar surface area (TPSA) is 115 Å². The third-order valence-electron chi connectivity index (χ3n) is 4.47. The highest BCUT2D eigenvalue weighted by atomic mass is 32.2. The van der Waals surface area contributed by atoms with Crippen LogP contribution in [0.25, 0.3) is 0 Å². The van der Waals surface area contributed by atoms with Gasteiger partial charge >= 0.3 is 6.18 Å². The van der Waals surface area contributed by atoms with Gasteiger partial charge in [-0.2, -0.15) is 18.3 Å². The Morgan fingerprint density at radius 1 is 1.11 bits per heavy atom. The molecule has 2 N–H and O–H groups in total. The van der Waals surface area contributed by atoms with Crippen molar-refractivity contribution in [2.75, 3.05) is 10.0 Å². The number of carbonyl (C=O) groups is 1. The van der Waals surface area contributed by atoms with E-state index in [9.17, 15) is 26.4 Å². The standard InChI is InChI=1S/C21H16F3N5O4S2/c22-21(23,24)14-2-1-3-16(12-14)33-13-29-10-8-18(27-29)19(30)26-15-4-6-17(7-5-15)35(31,32)28-20-25-9-11-34-20/h1-12H,13H2,(H,25,28)(H,26,30). The number of aromatic nitrogens is 3. The molecule has 0 fully saturated rings. The molecule has 2 aromatic carbocycles. The lowest BCUT2D eigenvalue weighted by Gasteiger charge is -2.10. The molecule has 0 aliphatic heterocycles. The maximum Gasteiger partial charge on any atom is 0.416 e. The van der Waals surface area contributed by atoms with E-state index in [1.54, 1.807) is 5.38 Å². The molecule has 0 unspecified atom stereocenters. The number of carbonyl (C=O) groups excluding carboxylic acids is 1. The number of amides is 1. The lowest BCUT2D eigenvalue weighted by molar-refractivity contribution is -0.137. The zero-order valence-electron chi connectivity index (χ0n) is 17.6. The van der Waals surface area contributed by atoms with Crippen molar-refractivity contribution in [3.05, 3.63) is 83.6 Å². The van der Waals surface area contributed by atoms with Crippen molar-refractivity contribution in [1.29, 1.82) is 0 Å². The van der Waals surface area contributed by atoms with Gasteiger partial charge in [-0.1, -0.05) is 6.07 Å². The van der Waals surface area contributed by atoms with Crippen LogP contribution in [0.15, 0.2) is 77.3 Å². The average Bonchev–Trinajstić information content (AvgIpc) is 3.50. The smallest absolute Gasteiger partial charge is 0.416 e. The molecule has 0 aliphatic carbocycles. The SMILES string of the molecule is O=C(Nc1ccc(S(=O)(=O)Nc2nccs2)cc1)c1ccn(COc2cccc(C(F)(F)F)c2)n1. The van der Waals surface area contributed by atoms with Crippen molar-refractivity contribution in [3.8, 4) is 5.75 Å². The number of nitrogens with zero attached hydrogens (tertiary/aromatic N) is 3. The van der Waals surface area contributed by atoms with Gasteiger partial charge in [0.1, 0.15) is 5.75 Å². The summed E-state index contributed by atoms with van der Waals surface area (Å²) in [6.45, 7) is -0.215. The van der Waals surface area contributed by atoms with Crippen LogP contribution < -0.4 is 14.8 Å². The van der Waals surface area contributed by atoms with Crippen molar-refractivity contribution < 1.29 is 31.1 Å². The number of rotatable bonds is 8. The minimum Gasteiger partial charge on any atom is -0.471 e. The van der Waals surface area contributed by atoms with Crippen LogP contribution in [-0.2, 0) is 22.9 Å². The first kappa shape index (κ1) is 24.2. The fourth-order valence-corrected chi connectivity index (χ4v) is 4.61. The number of sulfonamides is 1. The molecule has 2 heterocycles. The summed E-state index contributed by atoms with van der Waals surface area (Å²) in [7, 11) is -3.82. The normalized spacial score (nSPS) is 11.7. The molecular weight excluding hydrogens is 507 g/mol. The second kappa shape index (κ2) is 9.76. The van der Waals surface area contributed by atoms with E-state index in [0.29, 0.717) is 5.69 Å². The highest BCUT2D eigenvalue weighted by Gasteiger charge is 2.30. The summed E-state index contributed by atoms with van der Waals surface area (Å²) in [4.78, 5) is 16.3. The van der Waals surface area contributed by atoms with E-state index in [1.807, 2.05) is 0 Å². The Morgan fingerprint density at radius 2 is 1.89 bits per heavy atom. The molecule has 0 bridgehead atoms. The van der Waals surface area contributed by atoms with E-state index >= 15 is 0 Å². The molecule has 2 aromatic heterocycles. The number of hydrogen-bond acceptors (Lipinski definition) is 7. The molecule has 14 heteroatoms. The summed E-state index contributed by atoms with van der Waals surface area (Å²) in [5.41, 5.74) is -0.480. The Morgan fingerprint density at radius 3 is 2.57 bits per heavy atom. The summed E-state index contributed by atoms with van der Waals surface area (Å²) >= 11 is 1.14. The molecule has 4 aromatic rings. The lowest BCUT2D eigenvalue weighted by Crippen LogP contribution is -2.15. The Hall–Kier alpha value is -3.91. The first-order valence-corrected chi connectivity index (χ1v) is 12.1. The van der Waals surface area contributed by atoms with Gasteiger partial charge in [-0.25, -0.2) is 18.1 Å². The van der Waals surface area contributed by atoms with Gasteiger partial charge in [-0.3, -0.25) is 9.52 Å². The van der Waals surface area contributed by atoms with Crippen molar-refractivity contribution in [2.45, 2.75) is 17.8 Å². The zero-order valence-corrected chi connectivity index (χ0v) is 19.2. The summed E-state index contributed by atoms with van der Waals surface area (Å²) in [5, 5.41) is 8.49. The molecule has 0 saturated carbocycles. The van der Waals surface area contributed by atoms with Crippen LogP contribution >= 0.6 is 11.3 Å². The highest BCUT2D eigenvalue weighted by molar-refractivity contribution is 7.93. The molecule has 4 rings (SSSR count). The second-order valence-corrected chi connectivity index (χ2v) is 9.54. The molecule has 0 spiro atoms. The Kier molecular flexibility index (Phi) is 6.75. The van der Waals surface area contributed by atoms with E-state index in [0.717, 1.165) is 23.5 Å². The fraction of sp³-hybridized carbons (Fsp3) is 0.0952. The number of hydrogen-bond donors (Lipinski definition) is 2. The van der Waals surface area contributed by atoms with Crippen LogP contribution in [0.1, 0.15) is 16.1 Å². The fourth-order valence-electron chi connectivity index (χ4n) is 2.82. The van der Waals surface area contributed by atoms with E-state index < -0.39 is 27.7 Å². The monoisotopic (exact) mass is 523 g/mol. The summed E-state index contributed by atoms with van der Waals surface area (Å²) in [6.07, 6.45) is -1.58. The van der Waals surface area contributed by atoms with Crippen LogP contribution in [0, 0.1) is 0 Å². The third kappa shape index (κ3) is 6.16. The van der Waals surface area contributed by atoms with Gasteiger partial charge in [0, 0.05) is 23.5 Å². The second-order valence-electron chi connectivity index (χ2n) is 6.96. The van der Waals surface area contributed by atoms with E-state index in [4.69, 9.17) is 4.74 Å². The summed E-state index contributed by atoms with van der Waals surface area (Å²) < 4.78 is 72.1. The van der Waals surface area contributed by atoms with Gasteiger partial charge in [0.05, 0.1) is 10.5 Å².